The third kappa shape index (κ3) is 4.04. The summed E-state index contributed by atoms with van der Waals surface area (Å²) in [7, 11) is 1.38. The van der Waals surface area contributed by atoms with Crippen LogP contribution in [-0.4, -0.2) is 32.6 Å². The summed E-state index contributed by atoms with van der Waals surface area (Å²) in [5.74, 6) is -0.721. The molecule has 4 rings (SSSR count). The second kappa shape index (κ2) is 8.16. The van der Waals surface area contributed by atoms with E-state index in [0.717, 1.165) is 5.56 Å². The smallest absolute Gasteiger partial charge is 0.272 e. The monoisotopic (exact) mass is 407 g/mol. The number of carbonyl (C=O) groups is 1. The maximum absolute atomic E-state index is 13.8. The zero-order chi connectivity index (χ0) is 21.1. The average molecular weight is 407 g/mol. The summed E-state index contributed by atoms with van der Waals surface area (Å²) in [6, 6.07) is 11.1. The number of benzene rings is 1. The molecule has 2 N–H and O–H groups in total. The van der Waals surface area contributed by atoms with Crippen LogP contribution >= 0.6 is 0 Å². The molecule has 0 aliphatic heterocycles. The Morgan fingerprint density at radius 3 is 2.87 bits per heavy atom. The number of pyridine rings is 1. The first-order valence-corrected chi connectivity index (χ1v) is 9.14. The third-order valence-electron chi connectivity index (χ3n) is 4.52. The second-order valence-corrected chi connectivity index (χ2v) is 6.61. The van der Waals surface area contributed by atoms with Crippen molar-refractivity contribution in [2.75, 3.05) is 7.11 Å². The number of ether oxygens (including phenoxy) is 1. The first-order valence-electron chi connectivity index (χ1n) is 9.14. The van der Waals surface area contributed by atoms with Gasteiger partial charge in [0.05, 0.1) is 31.5 Å². The van der Waals surface area contributed by atoms with Gasteiger partial charge in [-0.25, -0.2) is 13.9 Å². The van der Waals surface area contributed by atoms with Crippen LogP contribution in [0.3, 0.4) is 0 Å². The molecule has 0 atom stereocenters. The van der Waals surface area contributed by atoms with Gasteiger partial charge in [0.25, 0.3) is 5.56 Å². The van der Waals surface area contributed by atoms with Gasteiger partial charge in [-0.2, -0.15) is 0 Å². The molecule has 0 aliphatic carbocycles. The molecule has 0 saturated carbocycles. The maximum atomic E-state index is 13.8. The summed E-state index contributed by atoms with van der Waals surface area (Å²) < 4.78 is 20.0. The Hall–Kier alpha value is -4.01. The maximum Gasteiger partial charge on any atom is 0.272 e. The van der Waals surface area contributed by atoms with Gasteiger partial charge in [0.2, 0.25) is 5.91 Å². The fraction of sp³-hybridized carbons (Fsp3) is 0.143. The van der Waals surface area contributed by atoms with Crippen LogP contribution in [0.4, 0.5) is 4.39 Å². The van der Waals surface area contributed by atoms with Crippen molar-refractivity contribution in [3.8, 4) is 17.0 Å². The molecule has 0 fully saturated rings. The highest BCUT2D eigenvalue weighted by Gasteiger charge is 2.11. The highest BCUT2D eigenvalue weighted by Crippen LogP contribution is 2.18. The summed E-state index contributed by atoms with van der Waals surface area (Å²) in [4.78, 5) is 33.1. The van der Waals surface area contributed by atoms with Crippen LogP contribution in [0.2, 0.25) is 0 Å². The number of carbonyl (C=O) groups excluding carboxylic acids is 1. The van der Waals surface area contributed by atoms with Gasteiger partial charge < -0.3 is 10.1 Å². The molecule has 0 bridgehead atoms. The Balaban J connectivity index is 1.46. The number of hydrogen-bond acceptors (Lipinski definition) is 5. The molecule has 1 aromatic carbocycles. The Bertz CT molecular complexity index is 1270. The van der Waals surface area contributed by atoms with Crippen molar-refractivity contribution in [2.24, 2.45) is 0 Å². The molecule has 0 saturated heterocycles. The lowest BCUT2D eigenvalue weighted by Crippen LogP contribution is -2.26. The van der Waals surface area contributed by atoms with Gasteiger partial charge in [-0.3, -0.25) is 19.7 Å². The van der Waals surface area contributed by atoms with Crippen molar-refractivity contribution in [1.82, 2.24) is 24.9 Å². The van der Waals surface area contributed by atoms with E-state index in [1.807, 2.05) is 6.07 Å². The standard InChI is InChI=1S/C21H18FN5O3/c1-30-18-5-4-13(7-16(18)22)8-20(28)24-12-15-9-21(29)27-19(25-15)10-17(26-27)14-3-2-6-23-11-14/h2-7,9-11,26H,8,12H2,1H3,(H,24,28). The molecule has 0 unspecified atom stereocenters. The number of aromatic nitrogens is 4. The molecule has 3 aromatic heterocycles. The lowest BCUT2D eigenvalue weighted by atomic mass is 10.1. The number of fused-ring (bicyclic) bond motifs is 1. The summed E-state index contributed by atoms with van der Waals surface area (Å²) in [6.07, 6.45) is 3.34. The molecule has 0 aliphatic rings. The number of nitrogens with zero attached hydrogens (tertiary/aromatic N) is 3. The molecular weight excluding hydrogens is 389 g/mol. The van der Waals surface area contributed by atoms with E-state index in [1.54, 1.807) is 30.6 Å². The Kier molecular flexibility index (Phi) is 5.25. The minimum atomic E-state index is -0.528. The van der Waals surface area contributed by atoms with E-state index in [1.165, 1.54) is 29.8 Å². The van der Waals surface area contributed by atoms with Crippen LogP contribution in [0.15, 0.2) is 59.7 Å². The highest BCUT2D eigenvalue weighted by atomic mass is 19.1. The molecule has 0 radical (unpaired) electrons. The summed E-state index contributed by atoms with van der Waals surface area (Å²) >= 11 is 0. The summed E-state index contributed by atoms with van der Waals surface area (Å²) in [6.45, 7) is 0.0800. The Labute approximate surface area is 170 Å². The first kappa shape index (κ1) is 19.3. The molecule has 9 heteroatoms. The molecule has 152 valence electrons. The second-order valence-electron chi connectivity index (χ2n) is 6.61. The van der Waals surface area contributed by atoms with Crippen molar-refractivity contribution in [1.29, 1.82) is 0 Å². The molecule has 3 heterocycles. The van der Waals surface area contributed by atoms with E-state index in [2.05, 4.69) is 20.4 Å². The molecule has 0 spiro atoms. The number of aromatic amines is 1. The number of rotatable bonds is 6. The first-order chi connectivity index (χ1) is 14.5. The van der Waals surface area contributed by atoms with E-state index in [0.29, 0.717) is 22.6 Å². The fourth-order valence-corrected chi connectivity index (χ4v) is 3.06. The van der Waals surface area contributed by atoms with Crippen LogP contribution < -0.4 is 15.6 Å². The number of halogens is 1. The number of H-pyrrole nitrogens is 1. The molecule has 30 heavy (non-hydrogen) atoms. The van der Waals surface area contributed by atoms with E-state index in [4.69, 9.17) is 4.74 Å². The van der Waals surface area contributed by atoms with Crippen molar-refractivity contribution in [3.63, 3.8) is 0 Å². The SMILES string of the molecule is COc1ccc(CC(=O)NCc2cc(=O)n3[nH]c(-c4cccnc4)cc3n2)cc1F. The van der Waals surface area contributed by atoms with Crippen LogP contribution in [0, 0.1) is 5.82 Å². The minimum absolute atomic E-state index is 0.00253. The third-order valence-corrected chi connectivity index (χ3v) is 4.52. The summed E-state index contributed by atoms with van der Waals surface area (Å²) in [5.41, 5.74) is 2.60. The number of methoxy groups -OCH3 is 1. The predicted octanol–water partition coefficient (Wildman–Crippen LogP) is 2.09. The van der Waals surface area contributed by atoms with E-state index in [-0.39, 0.29) is 30.2 Å². The lowest BCUT2D eigenvalue weighted by molar-refractivity contribution is -0.120. The van der Waals surface area contributed by atoms with E-state index >= 15 is 0 Å². The topological polar surface area (TPSA) is 101 Å². The normalized spacial score (nSPS) is 10.9. The molecule has 4 aromatic rings. The van der Waals surface area contributed by atoms with Gasteiger partial charge in [0, 0.05) is 30.1 Å². The minimum Gasteiger partial charge on any atom is -0.494 e. The fourth-order valence-electron chi connectivity index (χ4n) is 3.06. The largest absolute Gasteiger partial charge is 0.494 e. The zero-order valence-corrected chi connectivity index (χ0v) is 16.1. The number of hydrogen-bond donors (Lipinski definition) is 2. The number of nitrogens with one attached hydrogen (secondary N) is 2. The summed E-state index contributed by atoms with van der Waals surface area (Å²) in [5, 5.41) is 5.69. The van der Waals surface area contributed by atoms with Gasteiger partial charge in [0.1, 0.15) is 0 Å². The number of amides is 1. The van der Waals surface area contributed by atoms with E-state index in [9.17, 15) is 14.0 Å². The van der Waals surface area contributed by atoms with Gasteiger partial charge in [-0.15, -0.1) is 0 Å². The molecule has 8 nitrogen and oxygen atoms in total. The van der Waals surface area contributed by atoms with E-state index < -0.39 is 5.82 Å². The zero-order valence-electron chi connectivity index (χ0n) is 16.1. The van der Waals surface area contributed by atoms with Gasteiger partial charge in [-0.1, -0.05) is 6.07 Å². The van der Waals surface area contributed by atoms with Crippen LogP contribution in [0.5, 0.6) is 5.75 Å². The molecular formula is C21H18FN5O3. The van der Waals surface area contributed by atoms with Crippen molar-refractivity contribution < 1.29 is 13.9 Å². The Morgan fingerprint density at radius 1 is 1.27 bits per heavy atom. The predicted molar refractivity (Wildman–Crippen MR) is 108 cm³/mol. The van der Waals surface area contributed by atoms with Crippen molar-refractivity contribution in [3.05, 3.63) is 82.3 Å². The highest BCUT2D eigenvalue weighted by molar-refractivity contribution is 5.78. The van der Waals surface area contributed by atoms with Crippen LogP contribution in [-0.2, 0) is 17.8 Å². The van der Waals surface area contributed by atoms with Crippen LogP contribution in [0.1, 0.15) is 11.3 Å². The van der Waals surface area contributed by atoms with Gasteiger partial charge >= 0.3 is 0 Å². The molecule has 1 amide bonds. The van der Waals surface area contributed by atoms with Crippen molar-refractivity contribution in [2.45, 2.75) is 13.0 Å². The Morgan fingerprint density at radius 2 is 2.13 bits per heavy atom. The van der Waals surface area contributed by atoms with Gasteiger partial charge in [0.15, 0.2) is 17.2 Å². The van der Waals surface area contributed by atoms with Crippen molar-refractivity contribution >= 4 is 11.6 Å². The lowest BCUT2D eigenvalue weighted by Gasteiger charge is -2.07. The quantitative estimate of drug-likeness (QED) is 0.510. The van der Waals surface area contributed by atoms with Crippen LogP contribution in [0.25, 0.3) is 16.9 Å². The van der Waals surface area contributed by atoms with Gasteiger partial charge in [-0.05, 0) is 29.8 Å². The average Bonchev–Trinajstić information content (AvgIpc) is 3.18.